The van der Waals surface area contributed by atoms with Crippen molar-refractivity contribution in [3.8, 4) is 5.75 Å². The van der Waals surface area contributed by atoms with Gasteiger partial charge in [0.05, 0.1) is 0 Å². The van der Waals surface area contributed by atoms with Gasteiger partial charge >= 0.3 is 0 Å². The third kappa shape index (κ3) is 5.88. The zero-order valence-corrected chi connectivity index (χ0v) is 12.8. The first-order valence-electron chi connectivity index (χ1n) is 7.07. The van der Waals surface area contributed by atoms with Crippen molar-refractivity contribution in [2.24, 2.45) is 11.3 Å². The summed E-state index contributed by atoms with van der Waals surface area (Å²) in [4.78, 5) is 0. The normalized spacial score (nSPS) is 14.9. The number of aliphatic hydroxyl groups is 1. The molecule has 0 aliphatic heterocycles. The van der Waals surface area contributed by atoms with E-state index in [1.165, 1.54) is 6.07 Å². The summed E-state index contributed by atoms with van der Waals surface area (Å²) in [6.07, 6.45) is -0.651. The van der Waals surface area contributed by atoms with Gasteiger partial charge in [0, 0.05) is 6.54 Å². The second-order valence-corrected chi connectivity index (χ2v) is 6.32. The van der Waals surface area contributed by atoms with Crippen LogP contribution < -0.4 is 10.1 Å². The van der Waals surface area contributed by atoms with Crippen LogP contribution in [0.1, 0.15) is 27.7 Å². The molecule has 114 valence electrons. The van der Waals surface area contributed by atoms with Crippen LogP contribution in [0.25, 0.3) is 0 Å². The zero-order valence-electron chi connectivity index (χ0n) is 12.8. The maximum Gasteiger partial charge on any atom is 0.165 e. The zero-order chi connectivity index (χ0) is 15.2. The second-order valence-electron chi connectivity index (χ2n) is 6.32. The summed E-state index contributed by atoms with van der Waals surface area (Å²) >= 11 is 0. The van der Waals surface area contributed by atoms with Gasteiger partial charge in [-0.15, -0.1) is 0 Å². The van der Waals surface area contributed by atoms with E-state index in [0.29, 0.717) is 12.5 Å². The highest BCUT2D eigenvalue weighted by Gasteiger charge is 2.19. The van der Waals surface area contributed by atoms with Crippen LogP contribution in [0.5, 0.6) is 5.75 Å². The van der Waals surface area contributed by atoms with Crippen LogP contribution in [0, 0.1) is 17.2 Å². The molecule has 1 rings (SSSR count). The summed E-state index contributed by atoms with van der Waals surface area (Å²) in [6, 6.07) is 6.20. The molecule has 0 saturated heterocycles. The van der Waals surface area contributed by atoms with Gasteiger partial charge in [0.1, 0.15) is 12.7 Å². The van der Waals surface area contributed by atoms with E-state index in [4.69, 9.17) is 4.74 Å². The minimum Gasteiger partial charge on any atom is -0.488 e. The number of rotatable bonds is 7. The van der Waals surface area contributed by atoms with Crippen LogP contribution in [0.2, 0.25) is 0 Å². The maximum absolute atomic E-state index is 13.3. The van der Waals surface area contributed by atoms with E-state index in [1.807, 2.05) is 0 Å². The van der Waals surface area contributed by atoms with Crippen molar-refractivity contribution in [3.05, 3.63) is 30.1 Å². The average molecular weight is 283 g/mol. The van der Waals surface area contributed by atoms with Gasteiger partial charge in [0.25, 0.3) is 0 Å². The lowest BCUT2D eigenvalue weighted by Gasteiger charge is -2.27. The molecular formula is C16H26FNO2. The van der Waals surface area contributed by atoms with Crippen LogP contribution in [0.4, 0.5) is 4.39 Å². The minimum atomic E-state index is -0.651. The number of hydrogen-bond acceptors (Lipinski definition) is 3. The third-order valence-electron chi connectivity index (χ3n) is 3.58. The summed E-state index contributed by atoms with van der Waals surface area (Å²) in [5.41, 5.74) is 0.238. The Labute approximate surface area is 121 Å². The van der Waals surface area contributed by atoms with Crippen molar-refractivity contribution in [1.29, 1.82) is 0 Å². The Morgan fingerprint density at radius 1 is 1.25 bits per heavy atom. The van der Waals surface area contributed by atoms with Gasteiger partial charge < -0.3 is 15.2 Å². The molecule has 0 amide bonds. The first-order chi connectivity index (χ1) is 9.30. The molecule has 0 spiro atoms. The van der Waals surface area contributed by atoms with Crippen molar-refractivity contribution in [1.82, 2.24) is 5.32 Å². The predicted molar refractivity (Wildman–Crippen MR) is 79.4 cm³/mol. The fourth-order valence-electron chi connectivity index (χ4n) is 1.58. The SMILES string of the molecule is CC(CNCC(O)COc1ccccc1F)C(C)(C)C. The second kappa shape index (κ2) is 7.60. The van der Waals surface area contributed by atoms with Gasteiger partial charge in [-0.25, -0.2) is 4.39 Å². The molecule has 0 aromatic heterocycles. The summed E-state index contributed by atoms with van der Waals surface area (Å²) in [5.74, 6) is 0.269. The lowest BCUT2D eigenvalue weighted by atomic mass is 9.82. The molecule has 0 heterocycles. The fourth-order valence-corrected chi connectivity index (χ4v) is 1.58. The molecular weight excluding hydrogens is 257 g/mol. The number of para-hydroxylation sites is 1. The van der Waals surface area contributed by atoms with E-state index in [-0.39, 0.29) is 17.8 Å². The number of ether oxygens (including phenoxy) is 1. The summed E-state index contributed by atoms with van der Waals surface area (Å²) in [5, 5.41) is 13.0. The lowest BCUT2D eigenvalue weighted by Crippen LogP contribution is -2.36. The monoisotopic (exact) mass is 283 g/mol. The van der Waals surface area contributed by atoms with Gasteiger partial charge in [-0.2, -0.15) is 0 Å². The summed E-state index contributed by atoms with van der Waals surface area (Å²) in [7, 11) is 0. The first kappa shape index (κ1) is 16.9. The van der Waals surface area contributed by atoms with Crippen molar-refractivity contribution in [3.63, 3.8) is 0 Å². The molecule has 1 aromatic rings. The molecule has 0 bridgehead atoms. The Kier molecular flexibility index (Phi) is 6.43. The fraction of sp³-hybridized carbons (Fsp3) is 0.625. The Morgan fingerprint density at radius 3 is 2.50 bits per heavy atom. The number of aliphatic hydroxyl groups excluding tert-OH is 1. The van der Waals surface area contributed by atoms with Crippen LogP contribution in [-0.2, 0) is 0 Å². The number of nitrogens with one attached hydrogen (secondary N) is 1. The van der Waals surface area contributed by atoms with E-state index in [1.54, 1.807) is 18.2 Å². The molecule has 2 unspecified atom stereocenters. The minimum absolute atomic E-state index is 0.0812. The number of hydrogen-bond donors (Lipinski definition) is 2. The first-order valence-corrected chi connectivity index (χ1v) is 7.07. The Morgan fingerprint density at radius 2 is 1.90 bits per heavy atom. The largest absolute Gasteiger partial charge is 0.488 e. The van der Waals surface area contributed by atoms with Crippen molar-refractivity contribution in [2.45, 2.75) is 33.8 Å². The smallest absolute Gasteiger partial charge is 0.165 e. The van der Waals surface area contributed by atoms with Crippen LogP contribution in [-0.4, -0.2) is 30.9 Å². The Balaban J connectivity index is 2.24. The molecule has 0 aliphatic carbocycles. The molecule has 2 N–H and O–H groups in total. The van der Waals surface area contributed by atoms with Crippen LogP contribution in [0.15, 0.2) is 24.3 Å². The molecule has 20 heavy (non-hydrogen) atoms. The molecule has 0 fully saturated rings. The number of benzene rings is 1. The van der Waals surface area contributed by atoms with E-state index in [9.17, 15) is 9.50 Å². The topological polar surface area (TPSA) is 41.5 Å². The van der Waals surface area contributed by atoms with Crippen molar-refractivity contribution in [2.75, 3.05) is 19.7 Å². The average Bonchev–Trinajstić information content (AvgIpc) is 2.36. The van der Waals surface area contributed by atoms with E-state index < -0.39 is 11.9 Å². The van der Waals surface area contributed by atoms with Crippen LogP contribution in [0.3, 0.4) is 0 Å². The highest BCUT2D eigenvalue weighted by atomic mass is 19.1. The highest BCUT2D eigenvalue weighted by molar-refractivity contribution is 5.23. The highest BCUT2D eigenvalue weighted by Crippen LogP contribution is 2.24. The molecule has 1 aromatic carbocycles. The van der Waals surface area contributed by atoms with Crippen molar-refractivity contribution < 1.29 is 14.2 Å². The third-order valence-corrected chi connectivity index (χ3v) is 3.58. The summed E-state index contributed by atoms with van der Waals surface area (Å²) in [6.45, 7) is 10.1. The number of halogens is 1. The van der Waals surface area contributed by atoms with Gasteiger partial charge in [0.2, 0.25) is 0 Å². The molecule has 4 heteroatoms. The van der Waals surface area contributed by atoms with Gasteiger partial charge in [0.15, 0.2) is 11.6 Å². The molecule has 0 radical (unpaired) electrons. The van der Waals surface area contributed by atoms with Crippen molar-refractivity contribution >= 4 is 0 Å². The van der Waals surface area contributed by atoms with Crippen LogP contribution >= 0.6 is 0 Å². The van der Waals surface area contributed by atoms with E-state index in [0.717, 1.165) is 6.54 Å². The maximum atomic E-state index is 13.3. The Hall–Kier alpha value is -1.13. The van der Waals surface area contributed by atoms with E-state index in [2.05, 4.69) is 33.0 Å². The summed E-state index contributed by atoms with van der Waals surface area (Å²) < 4.78 is 18.6. The predicted octanol–water partition coefficient (Wildman–Crippen LogP) is 2.84. The molecule has 0 saturated carbocycles. The quantitative estimate of drug-likeness (QED) is 0.808. The van der Waals surface area contributed by atoms with Gasteiger partial charge in [-0.1, -0.05) is 39.8 Å². The van der Waals surface area contributed by atoms with Gasteiger partial charge in [-0.05, 0) is 30.0 Å². The molecule has 3 nitrogen and oxygen atoms in total. The standard InChI is InChI=1S/C16H26FNO2/c1-12(16(2,3)4)9-18-10-13(19)11-20-15-8-6-5-7-14(15)17/h5-8,12-13,18-19H,9-11H2,1-4H3. The molecule has 0 aliphatic rings. The Bertz CT molecular complexity index is 404. The van der Waals surface area contributed by atoms with Gasteiger partial charge in [-0.3, -0.25) is 0 Å². The molecule has 2 atom stereocenters. The van der Waals surface area contributed by atoms with E-state index >= 15 is 0 Å². The lowest BCUT2D eigenvalue weighted by molar-refractivity contribution is 0.101.